The van der Waals surface area contributed by atoms with Crippen molar-refractivity contribution >= 4 is 19.3 Å². The normalized spacial score (nSPS) is 12.8. The summed E-state index contributed by atoms with van der Waals surface area (Å²) in [5, 5.41) is 2.37. The second-order valence-corrected chi connectivity index (χ2v) is 6.08. The average Bonchev–Trinajstić information content (AvgIpc) is 2.44. The van der Waals surface area contributed by atoms with Crippen LogP contribution in [-0.4, -0.2) is 31.7 Å². The number of hydrogen-bond donors (Lipinski definition) is 1. The predicted octanol–water partition coefficient (Wildman–Crippen LogP) is 1.82. The number of ketones is 1. The summed E-state index contributed by atoms with van der Waals surface area (Å²) in [4.78, 5) is 23.5. The first-order valence-electron chi connectivity index (χ1n) is 5.52. The summed E-state index contributed by atoms with van der Waals surface area (Å²) in [6, 6.07) is 8.29. The highest BCUT2D eigenvalue weighted by molar-refractivity contribution is 7.55. The molecule has 0 fully saturated rings. The van der Waals surface area contributed by atoms with Gasteiger partial charge in [-0.05, 0) is 19.1 Å². The molecule has 0 aliphatic rings. The van der Waals surface area contributed by atoms with Crippen LogP contribution >= 0.6 is 7.60 Å². The lowest BCUT2D eigenvalue weighted by molar-refractivity contribution is -0.117. The molecule has 1 rings (SSSR count). The van der Waals surface area contributed by atoms with Gasteiger partial charge in [-0.15, -0.1) is 0 Å². The zero-order chi connectivity index (χ0) is 14.5. The average molecular weight is 285 g/mol. The third kappa shape index (κ3) is 3.73. The zero-order valence-electron chi connectivity index (χ0n) is 11.0. The monoisotopic (exact) mass is 285 g/mol. The van der Waals surface area contributed by atoms with Gasteiger partial charge >= 0.3 is 7.60 Å². The molecule has 104 valence electrons. The Balaban J connectivity index is 2.95. The summed E-state index contributed by atoms with van der Waals surface area (Å²) in [7, 11) is -1.38. The van der Waals surface area contributed by atoms with E-state index in [-0.39, 0.29) is 0 Å². The van der Waals surface area contributed by atoms with Crippen LogP contribution in [0, 0.1) is 0 Å². The van der Waals surface area contributed by atoms with Gasteiger partial charge in [-0.2, -0.15) is 0 Å². The summed E-state index contributed by atoms with van der Waals surface area (Å²) < 4.78 is 21.7. The Kier molecular flexibility index (Phi) is 5.42. The lowest BCUT2D eigenvalue weighted by Crippen LogP contribution is -2.40. The Morgan fingerprint density at radius 2 is 1.68 bits per heavy atom. The van der Waals surface area contributed by atoms with Crippen molar-refractivity contribution in [2.24, 2.45) is 0 Å². The highest BCUT2D eigenvalue weighted by atomic mass is 31.2. The first kappa shape index (κ1) is 15.6. The molecule has 0 radical (unpaired) electrons. The number of benzene rings is 1. The van der Waals surface area contributed by atoms with Crippen molar-refractivity contribution in [3.05, 3.63) is 35.9 Å². The molecule has 0 saturated heterocycles. The number of carbonyl (C=O) groups is 2. The van der Waals surface area contributed by atoms with Gasteiger partial charge in [0.25, 0.3) is 5.91 Å². The molecule has 19 heavy (non-hydrogen) atoms. The van der Waals surface area contributed by atoms with Gasteiger partial charge in [-0.3, -0.25) is 14.2 Å². The molecule has 1 atom stereocenters. The van der Waals surface area contributed by atoms with Crippen molar-refractivity contribution in [3.63, 3.8) is 0 Å². The van der Waals surface area contributed by atoms with E-state index in [1.807, 2.05) is 0 Å². The van der Waals surface area contributed by atoms with Crippen molar-refractivity contribution in [2.45, 2.75) is 12.7 Å². The highest BCUT2D eigenvalue weighted by Gasteiger charge is 2.39. The van der Waals surface area contributed by atoms with Gasteiger partial charge in [0.05, 0.1) is 0 Å². The molecule has 0 unspecified atom stereocenters. The molecule has 1 aromatic carbocycles. The Morgan fingerprint density at radius 1 is 1.16 bits per heavy atom. The minimum absolute atomic E-state index is 0.354. The molecule has 0 aliphatic heterocycles. The SMILES string of the molecule is COP(=O)(OC)[C@@H](NC(=O)c1ccccc1)C(C)=O. The third-order valence-electron chi connectivity index (χ3n) is 2.51. The molecule has 0 spiro atoms. The number of Topliss-reactive ketones (excluding diaryl/α,β-unsaturated/α-hetero) is 1. The lowest BCUT2D eigenvalue weighted by Gasteiger charge is -2.23. The fraction of sp³-hybridized carbons (Fsp3) is 0.333. The van der Waals surface area contributed by atoms with E-state index in [0.717, 1.165) is 14.2 Å². The van der Waals surface area contributed by atoms with Crippen LogP contribution in [-0.2, 0) is 18.4 Å². The fourth-order valence-electron chi connectivity index (χ4n) is 1.49. The Bertz CT molecular complexity index is 494. The molecule has 1 N–H and O–H groups in total. The van der Waals surface area contributed by atoms with E-state index in [2.05, 4.69) is 5.32 Å². The van der Waals surface area contributed by atoms with Crippen molar-refractivity contribution in [1.29, 1.82) is 0 Å². The van der Waals surface area contributed by atoms with Gasteiger partial charge in [0.2, 0.25) is 0 Å². The van der Waals surface area contributed by atoms with E-state index in [1.165, 1.54) is 6.92 Å². The number of nitrogens with one attached hydrogen (secondary N) is 1. The smallest absolute Gasteiger partial charge is 0.332 e. The first-order chi connectivity index (χ1) is 8.94. The van der Waals surface area contributed by atoms with Crippen LogP contribution in [0.1, 0.15) is 17.3 Å². The zero-order valence-corrected chi connectivity index (χ0v) is 11.8. The van der Waals surface area contributed by atoms with Crippen LogP contribution < -0.4 is 5.32 Å². The molecule has 1 aromatic rings. The largest absolute Gasteiger partial charge is 0.359 e. The highest BCUT2D eigenvalue weighted by Crippen LogP contribution is 2.50. The molecule has 0 heterocycles. The Morgan fingerprint density at radius 3 is 2.11 bits per heavy atom. The molecular weight excluding hydrogens is 269 g/mol. The molecule has 0 aromatic heterocycles. The second kappa shape index (κ2) is 6.61. The molecule has 7 heteroatoms. The minimum atomic E-state index is -3.70. The van der Waals surface area contributed by atoms with Crippen LogP contribution in [0.2, 0.25) is 0 Å². The van der Waals surface area contributed by atoms with Crippen molar-refractivity contribution in [2.75, 3.05) is 14.2 Å². The van der Waals surface area contributed by atoms with E-state index in [9.17, 15) is 14.2 Å². The van der Waals surface area contributed by atoms with E-state index < -0.39 is 25.1 Å². The van der Waals surface area contributed by atoms with Gasteiger partial charge < -0.3 is 14.4 Å². The molecular formula is C12H16NO5P. The Hall–Kier alpha value is -1.49. The van der Waals surface area contributed by atoms with E-state index in [0.29, 0.717) is 5.56 Å². The first-order valence-corrected chi connectivity index (χ1v) is 7.13. The van der Waals surface area contributed by atoms with Crippen LogP contribution in [0.5, 0.6) is 0 Å². The maximum Gasteiger partial charge on any atom is 0.359 e. The van der Waals surface area contributed by atoms with Crippen LogP contribution in [0.4, 0.5) is 0 Å². The summed E-state index contributed by atoms with van der Waals surface area (Å²) in [6.07, 6.45) is 0. The van der Waals surface area contributed by atoms with Gasteiger partial charge in [-0.1, -0.05) is 18.2 Å². The predicted molar refractivity (Wildman–Crippen MR) is 70.0 cm³/mol. The summed E-state index contributed by atoms with van der Waals surface area (Å²) in [6.45, 7) is 1.21. The Labute approximate surface area is 111 Å². The van der Waals surface area contributed by atoms with Gasteiger partial charge in [0, 0.05) is 19.8 Å². The molecule has 0 bridgehead atoms. The van der Waals surface area contributed by atoms with Gasteiger partial charge in [0.15, 0.2) is 11.6 Å². The van der Waals surface area contributed by atoms with Crippen molar-refractivity contribution in [1.82, 2.24) is 5.32 Å². The molecule has 0 saturated carbocycles. The van der Waals surface area contributed by atoms with E-state index in [1.54, 1.807) is 30.3 Å². The summed E-state index contributed by atoms with van der Waals surface area (Å²) >= 11 is 0. The summed E-state index contributed by atoms with van der Waals surface area (Å²) in [5.41, 5.74) is 0.354. The van der Waals surface area contributed by atoms with Gasteiger partial charge in [-0.25, -0.2) is 0 Å². The maximum atomic E-state index is 12.2. The van der Waals surface area contributed by atoms with Gasteiger partial charge in [0.1, 0.15) is 0 Å². The number of hydrogen-bond acceptors (Lipinski definition) is 5. The second-order valence-electron chi connectivity index (χ2n) is 3.76. The van der Waals surface area contributed by atoms with E-state index in [4.69, 9.17) is 9.05 Å². The van der Waals surface area contributed by atoms with Crippen LogP contribution in [0.3, 0.4) is 0 Å². The quantitative estimate of drug-likeness (QED) is 0.806. The van der Waals surface area contributed by atoms with Crippen molar-refractivity contribution < 1.29 is 23.2 Å². The fourth-order valence-corrected chi connectivity index (χ4v) is 2.78. The molecule has 0 aliphatic carbocycles. The third-order valence-corrected chi connectivity index (χ3v) is 4.66. The van der Waals surface area contributed by atoms with Crippen molar-refractivity contribution in [3.8, 4) is 0 Å². The van der Waals surface area contributed by atoms with Crippen LogP contribution in [0.15, 0.2) is 30.3 Å². The summed E-state index contributed by atoms with van der Waals surface area (Å²) in [5.74, 6) is -2.35. The van der Waals surface area contributed by atoms with Crippen LogP contribution in [0.25, 0.3) is 0 Å². The number of rotatable bonds is 6. The molecule has 6 nitrogen and oxygen atoms in total. The maximum absolute atomic E-state index is 12.2. The number of carbonyl (C=O) groups excluding carboxylic acids is 2. The van der Waals surface area contributed by atoms with E-state index >= 15 is 0 Å². The standard InChI is InChI=1S/C12H16NO5P/c1-9(14)12(19(16,17-2)18-3)13-11(15)10-7-5-4-6-8-10/h4-8,12H,1-3H3,(H,13,15)/t12-/m1/s1. The topological polar surface area (TPSA) is 81.7 Å². The number of amides is 1. The minimum Gasteiger partial charge on any atom is -0.332 e. The molecule has 1 amide bonds. The lowest BCUT2D eigenvalue weighted by atomic mass is 10.2.